The molecular weight excluding hydrogens is 349 g/mol. The summed E-state index contributed by atoms with van der Waals surface area (Å²) in [5.41, 5.74) is -0.237. The molecule has 0 spiro atoms. The van der Waals surface area contributed by atoms with Gasteiger partial charge in [0.05, 0.1) is 18.1 Å². The number of nitrogens with one attached hydrogen (secondary N) is 1. The highest BCUT2D eigenvalue weighted by molar-refractivity contribution is 5.79. The summed E-state index contributed by atoms with van der Waals surface area (Å²) in [6.45, 7) is 1.12. The Balaban J connectivity index is 1.70. The molecule has 1 N–H and O–H groups in total. The third-order valence-electron chi connectivity index (χ3n) is 3.98. The average molecular weight is 366 g/mol. The number of amides is 1. The summed E-state index contributed by atoms with van der Waals surface area (Å²) in [5, 5.41) is 2.78. The molecule has 2 aromatic rings. The van der Waals surface area contributed by atoms with E-state index in [1.54, 1.807) is 12.1 Å². The Labute approximate surface area is 148 Å². The van der Waals surface area contributed by atoms with Crippen molar-refractivity contribution >= 4 is 5.91 Å². The summed E-state index contributed by atoms with van der Waals surface area (Å²) >= 11 is 0. The van der Waals surface area contributed by atoms with E-state index in [0.717, 1.165) is 12.1 Å². The van der Waals surface area contributed by atoms with E-state index in [2.05, 4.69) is 10.3 Å². The number of carbonyl (C=O) groups excluding carboxylic acids is 1. The van der Waals surface area contributed by atoms with Crippen molar-refractivity contribution in [2.75, 3.05) is 13.2 Å². The summed E-state index contributed by atoms with van der Waals surface area (Å²) < 4.78 is 49.1. The van der Waals surface area contributed by atoms with Crippen molar-refractivity contribution in [2.24, 2.45) is 5.92 Å². The molecule has 1 amide bonds. The summed E-state index contributed by atoms with van der Waals surface area (Å²) in [5.74, 6) is -0.138. The second-order valence-electron chi connectivity index (χ2n) is 5.87. The molecule has 1 aromatic carbocycles. The first kappa shape index (κ1) is 18.2. The van der Waals surface area contributed by atoms with E-state index in [9.17, 15) is 18.0 Å². The van der Waals surface area contributed by atoms with Crippen molar-refractivity contribution in [2.45, 2.75) is 19.1 Å². The lowest BCUT2D eigenvalue weighted by Crippen LogP contribution is -2.30. The molecule has 0 aliphatic carbocycles. The topological polar surface area (TPSA) is 60.5 Å². The first-order valence-electron chi connectivity index (χ1n) is 8.08. The van der Waals surface area contributed by atoms with E-state index in [0.29, 0.717) is 25.2 Å². The van der Waals surface area contributed by atoms with Crippen molar-refractivity contribution in [3.63, 3.8) is 0 Å². The van der Waals surface area contributed by atoms with Gasteiger partial charge in [-0.15, -0.1) is 0 Å². The predicted molar refractivity (Wildman–Crippen MR) is 86.5 cm³/mol. The molecule has 0 radical (unpaired) electrons. The quantitative estimate of drug-likeness (QED) is 0.879. The zero-order chi connectivity index (χ0) is 18.6. The Kier molecular flexibility index (Phi) is 5.41. The molecule has 1 atom stereocenters. The molecule has 1 unspecified atom stereocenters. The molecule has 1 fully saturated rings. The minimum absolute atomic E-state index is 0.0234. The van der Waals surface area contributed by atoms with Crippen LogP contribution in [-0.4, -0.2) is 24.1 Å². The molecule has 1 aromatic heterocycles. The highest BCUT2D eigenvalue weighted by atomic mass is 19.4. The number of halogens is 3. The number of pyridine rings is 1. The second-order valence-corrected chi connectivity index (χ2v) is 5.87. The third-order valence-corrected chi connectivity index (χ3v) is 3.98. The van der Waals surface area contributed by atoms with Crippen LogP contribution in [0.25, 0.3) is 0 Å². The van der Waals surface area contributed by atoms with Crippen LogP contribution in [0.2, 0.25) is 0 Å². The predicted octanol–water partition coefficient (Wildman–Crippen LogP) is 3.55. The van der Waals surface area contributed by atoms with Gasteiger partial charge in [0, 0.05) is 24.9 Å². The maximum atomic E-state index is 12.8. The molecule has 1 aliphatic heterocycles. The summed E-state index contributed by atoms with van der Waals surface area (Å²) in [7, 11) is 0. The molecule has 3 rings (SSSR count). The van der Waals surface area contributed by atoms with Crippen molar-refractivity contribution in [3.05, 3.63) is 53.7 Å². The average Bonchev–Trinajstić information content (AvgIpc) is 3.15. The third kappa shape index (κ3) is 4.51. The molecule has 26 heavy (non-hydrogen) atoms. The van der Waals surface area contributed by atoms with Crippen LogP contribution in [0, 0.1) is 5.92 Å². The van der Waals surface area contributed by atoms with Crippen LogP contribution in [0.1, 0.15) is 17.5 Å². The molecular formula is C18H17F3N2O3. The van der Waals surface area contributed by atoms with Crippen molar-refractivity contribution in [1.29, 1.82) is 0 Å². The molecule has 0 bridgehead atoms. The fourth-order valence-electron chi connectivity index (χ4n) is 2.57. The number of hydrogen-bond donors (Lipinski definition) is 1. The number of benzene rings is 1. The molecule has 1 aliphatic rings. The monoisotopic (exact) mass is 366 g/mol. The highest BCUT2D eigenvalue weighted by Gasteiger charge is 2.30. The minimum atomic E-state index is -4.45. The number of rotatable bonds is 5. The fraction of sp³-hybridized carbons (Fsp3) is 0.333. The number of ether oxygens (including phenoxy) is 2. The van der Waals surface area contributed by atoms with E-state index >= 15 is 0 Å². The maximum absolute atomic E-state index is 12.8. The lowest BCUT2D eigenvalue weighted by Gasteiger charge is -2.13. The van der Waals surface area contributed by atoms with Crippen LogP contribution in [0.5, 0.6) is 11.6 Å². The number of carbonyl (C=O) groups is 1. The normalized spacial score (nSPS) is 17.1. The van der Waals surface area contributed by atoms with Gasteiger partial charge in [0.1, 0.15) is 5.75 Å². The Morgan fingerprint density at radius 1 is 1.31 bits per heavy atom. The molecule has 2 heterocycles. The van der Waals surface area contributed by atoms with E-state index in [1.165, 1.54) is 18.3 Å². The van der Waals surface area contributed by atoms with E-state index < -0.39 is 11.7 Å². The van der Waals surface area contributed by atoms with Crippen LogP contribution in [-0.2, 0) is 22.3 Å². The second kappa shape index (κ2) is 7.74. The van der Waals surface area contributed by atoms with Crippen molar-refractivity contribution < 1.29 is 27.4 Å². The number of aromatic nitrogens is 1. The zero-order valence-corrected chi connectivity index (χ0v) is 13.8. The van der Waals surface area contributed by atoms with Crippen LogP contribution in [0.15, 0.2) is 42.6 Å². The van der Waals surface area contributed by atoms with Gasteiger partial charge in [0.25, 0.3) is 0 Å². The van der Waals surface area contributed by atoms with Gasteiger partial charge in [0.15, 0.2) is 0 Å². The first-order valence-corrected chi connectivity index (χ1v) is 8.08. The van der Waals surface area contributed by atoms with Gasteiger partial charge < -0.3 is 14.8 Å². The summed E-state index contributed by atoms with van der Waals surface area (Å²) in [6.07, 6.45) is -2.31. The highest BCUT2D eigenvalue weighted by Crippen LogP contribution is 2.32. The standard InChI is InChI=1S/C18H17F3N2O3/c19-18(20,21)14-4-1-5-15(9-14)26-17-12(3-2-7-22-17)10-23-16(24)13-6-8-25-11-13/h1-5,7,9,13H,6,8,10-11H2,(H,23,24). The summed E-state index contributed by atoms with van der Waals surface area (Å²) in [4.78, 5) is 16.1. The van der Waals surface area contributed by atoms with Gasteiger partial charge in [-0.25, -0.2) is 4.98 Å². The molecule has 1 saturated heterocycles. The Bertz CT molecular complexity index is 774. The van der Waals surface area contributed by atoms with Gasteiger partial charge >= 0.3 is 6.18 Å². The first-order chi connectivity index (χ1) is 12.4. The number of alkyl halides is 3. The van der Waals surface area contributed by atoms with Crippen molar-refractivity contribution in [1.82, 2.24) is 10.3 Å². The Morgan fingerprint density at radius 3 is 2.88 bits per heavy atom. The maximum Gasteiger partial charge on any atom is 0.416 e. The summed E-state index contributed by atoms with van der Waals surface area (Å²) in [6, 6.07) is 7.92. The Hall–Kier alpha value is -2.61. The van der Waals surface area contributed by atoms with Crippen molar-refractivity contribution in [3.8, 4) is 11.6 Å². The van der Waals surface area contributed by atoms with E-state index in [1.807, 2.05) is 0 Å². The molecule has 8 heteroatoms. The SMILES string of the molecule is O=C(NCc1cccnc1Oc1cccc(C(F)(F)F)c1)C1CCOC1. The van der Waals surface area contributed by atoms with Crippen LogP contribution in [0.4, 0.5) is 13.2 Å². The van der Waals surface area contributed by atoms with Crippen LogP contribution < -0.4 is 10.1 Å². The van der Waals surface area contributed by atoms with Gasteiger partial charge in [-0.2, -0.15) is 13.2 Å². The zero-order valence-electron chi connectivity index (χ0n) is 13.8. The smallest absolute Gasteiger partial charge is 0.416 e. The van der Waals surface area contributed by atoms with Gasteiger partial charge in [-0.3, -0.25) is 4.79 Å². The van der Waals surface area contributed by atoms with E-state index in [4.69, 9.17) is 9.47 Å². The molecule has 5 nitrogen and oxygen atoms in total. The number of nitrogens with zero attached hydrogens (tertiary/aromatic N) is 1. The van der Waals surface area contributed by atoms with Crippen LogP contribution in [0.3, 0.4) is 0 Å². The minimum Gasteiger partial charge on any atom is -0.439 e. The lowest BCUT2D eigenvalue weighted by atomic mass is 10.1. The van der Waals surface area contributed by atoms with Gasteiger partial charge in [-0.1, -0.05) is 12.1 Å². The fourth-order valence-corrected chi connectivity index (χ4v) is 2.57. The molecule has 138 valence electrons. The Morgan fingerprint density at radius 2 is 2.15 bits per heavy atom. The molecule has 0 saturated carbocycles. The van der Waals surface area contributed by atoms with E-state index in [-0.39, 0.29) is 30.0 Å². The largest absolute Gasteiger partial charge is 0.439 e. The lowest BCUT2D eigenvalue weighted by molar-refractivity contribution is -0.137. The van der Waals surface area contributed by atoms with Gasteiger partial charge in [0.2, 0.25) is 11.8 Å². The van der Waals surface area contributed by atoms with Gasteiger partial charge in [-0.05, 0) is 30.7 Å². The number of hydrogen-bond acceptors (Lipinski definition) is 4. The van der Waals surface area contributed by atoms with Crippen LogP contribution >= 0.6 is 0 Å².